The minimum absolute atomic E-state index is 0.0471. The van der Waals surface area contributed by atoms with E-state index < -0.39 is 54.7 Å². The van der Waals surface area contributed by atoms with Crippen molar-refractivity contribution in [2.45, 2.75) is 63.4 Å². The normalized spacial score (nSPS) is 20.3. The lowest BCUT2D eigenvalue weighted by Gasteiger charge is -2.26. The molecule has 0 bridgehead atoms. The molecular formula is C29H31F3N4O4. The monoisotopic (exact) mass is 556 g/mol. The average molecular weight is 557 g/mol. The number of rotatable bonds is 11. The van der Waals surface area contributed by atoms with Crippen LogP contribution in [0.15, 0.2) is 53.5 Å². The number of carbonyl (C=O) groups excluding carboxylic acids is 3. The molecular weight excluding hydrogens is 525 g/mol. The lowest BCUT2D eigenvalue weighted by molar-refractivity contribution is -0.146. The number of fused-ring (bicyclic) bond motifs is 1. The van der Waals surface area contributed by atoms with Crippen molar-refractivity contribution in [3.8, 4) is 5.75 Å². The Bertz CT molecular complexity index is 1310. The molecule has 0 saturated heterocycles. The van der Waals surface area contributed by atoms with Crippen LogP contribution in [0.4, 0.5) is 18.9 Å². The lowest BCUT2D eigenvalue weighted by atomic mass is 9.83. The van der Waals surface area contributed by atoms with Gasteiger partial charge in [-0.15, -0.1) is 0 Å². The minimum atomic E-state index is -4.53. The third kappa shape index (κ3) is 6.81. The van der Waals surface area contributed by atoms with Gasteiger partial charge in [0.2, 0.25) is 18.0 Å². The molecule has 2 aromatic rings. The summed E-state index contributed by atoms with van der Waals surface area (Å²) in [4.78, 5) is 43.8. The van der Waals surface area contributed by atoms with E-state index in [0.29, 0.717) is 28.3 Å². The standard InChI is InChI=1S/C29H31F3N4O4/c30-29(31,32)14-13-19(21(25(33)37)15-16-9-10-16)27(38)36-26-28(39)35-24-20(7-4-8-22(24)40-18-11-12-18)23(34-26)17-5-2-1-3-6-17/h1-8,16,18-19,21,26H,9-15H2,(H2,33,37)(H,35,39)(H,36,38). The molecule has 0 radical (unpaired) electrons. The van der Waals surface area contributed by atoms with Crippen molar-refractivity contribution >= 4 is 29.1 Å². The first-order valence-electron chi connectivity index (χ1n) is 13.5. The van der Waals surface area contributed by atoms with Crippen LogP contribution in [0.5, 0.6) is 5.75 Å². The molecule has 1 heterocycles. The number of ether oxygens (including phenoxy) is 1. The Morgan fingerprint density at radius 2 is 1.77 bits per heavy atom. The maximum atomic E-state index is 13.5. The number of nitrogens with two attached hydrogens (primary N) is 1. The van der Waals surface area contributed by atoms with Gasteiger partial charge < -0.3 is 21.1 Å². The van der Waals surface area contributed by atoms with Gasteiger partial charge in [-0.05, 0) is 37.7 Å². The van der Waals surface area contributed by atoms with Gasteiger partial charge in [0.1, 0.15) is 5.75 Å². The Labute approximate surface area is 229 Å². The van der Waals surface area contributed by atoms with E-state index in [4.69, 9.17) is 10.5 Å². The van der Waals surface area contributed by atoms with E-state index in [1.165, 1.54) is 0 Å². The van der Waals surface area contributed by atoms with E-state index in [1.54, 1.807) is 42.5 Å². The van der Waals surface area contributed by atoms with Crippen LogP contribution in [0.1, 0.15) is 56.1 Å². The first kappa shape index (κ1) is 27.7. The Hall–Kier alpha value is -3.89. The minimum Gasteiger partial charge on any atom is -0.488 e. The number of alkyl halides is 3. The Balaban J connectivity index is 1.47. The van der Waals surface area contributed by atoms with Gasteiger partial charge in [0, 0.05) is 29.4 Å². The quantitative estimate of drug-likeness (QED) is 0.382. The smallest absolute Gasteiger partial charge is 0.389 e. The Morgan fingerprint density at radius 3 is 2.40 bits per heavy atom. The van der Waals surface area contributed by atoms with Gasteiger partial charge in [-0.1, -0.05) is 55.3 Å². The zero-order chi connectivity index (χ0) is 28.4. The summed E-state index contributed by atoms with van der Waals surface area (Å²) >= 11 is 0. The molecule has 3 atom stereocenters. The molecule has 3 aliphatic rings. The van der Waals surface area contributed by atoms with Crippen molar-refractivity contribution in [3.05, 3.63) is 59.7 Å². The highest BCUT2D eigenvalue weighted by molar-refractivity contribution is 6.20. The largest absolute Gasteiger partial charge is 0.488 e. The van der Waals surface area contributed by atoms with Crippen molar-refractivity contribution < 1.29 is 32.3 Å². The molecule has 2 fully saturated rings. The molecule has 2 aromatic carbocycles. The number of aliphatic imine (C=N–C) groups is 1. The predicted octanol–water partition coefficient (Wildman–Crippen LogP) is 4.32. The highest BCUT2D eigenvalue weighted by Crippen LogP contribution is 2.40. The summed E-state index contributed by atoms with van der Waals surface area (Å²) in [5.41, 5.74) is 7.61. The van der Waals surface area contributed by atoms with Crippen LogP contribution in [-0.2, 0) is 14.4 Å². The van der Waals surface area contributed by atoms with Crippen LogP contribution in [0.25, 0.3) is 0 Å². The fourth-order valence-electron chi connectivity index (χ4n) is 4.96. The van der Waals surface area contributed by atoms with Crippen molar-refractivity contribution in [2.75, 3.05) is 5.32 Å². The van der Waals surface area contributed by atoms with Crippen molar-refractivity contribution in [1.29, 1.82) is 0 Å². The zero-order valence-corrected chi connectivity index (χ0v) is 21.7. The van der Waals surface area contributed by atoms with Crippen molar-refractivity contribution in [1.82, 2.24) is 5.32 Å². The molecule has 0 spiro atoms. The van der Waals surface area contributed by atoms with Crippen LogP contribution in [-0.4, -0.2) is 41.9 Å². The first-order chi connectivity index (χ1) is 19.1. The number of hydrogen-bond acceptors (Lipinski definition) is 5. The molecule has 11 heteroatoms. The number of nitrogens with one attached hydrogen (secondary N) is 2. The lowest BCUT2D eigenvalue weighted by Crippen LogP contribution is -2.48. The number of benzene rings is 2. The zero-order valence-electron chi connectivity index (χ0n) is 21.7. The maximum Gasteiger partial charge on any atom is 0.389 e. The van der Waals surface area contributed by atoms with Gasteiger partial charge in [0.15, 0.2) is 0 Å². The highest BCUT2D eigenvalue weighted by Gasteiger charge is 2.41. The molecule has 3 amide bonds. The van der Waals surface area contributed by atoms with E-state index in [1.807, 2.05) is 6.07 Å². The summed E-state index contributed by atoms with van der Waals surface area (Å²) in [7, 11) is 0. The number of carbonyl (C=O) groups is 3. The number of benzodiazepines with no additional fused rings is 1. The summed E-state index contributed by atoms with van der Waals surface area (Å²) < 4.78 is 45.5. The molecule has 212 valence electrons. The van der Waals surface area contributed by atoms with Gasteiger partial charge in [0.05, 0.1) is 17.5 Å². The summed E-state index contributed by atoms with van der Waals surface area (Å²) in [6.07, 6.45) is -4.15. The number of amides is 3. The topological polar surface area (TPSA) is 123 Å². The number of para-hydroxylation sites is 1. The van der Waals surface area contributed by atoms with E-state index >= 15 is 0 Å². The predicted molar refractivity (Wildman–Crippen MR) is 142 cm³/mol. The first-order valence-corrected chi connectivity index (χ1v) is 13.5. The number of anilines is 1. The molecule has 3 unspecified atom stereocenters. The molecule has 2 saturated carbocycles. The molecule has 8 nitrogen and oxygen atoms in total. The van der Waals surface area contributed by atoms with Crippen LogP contribution in [0.3, 0.4) is 0 Å². The van der Waals surface area contributed by atoms with Gasteiger partial charge >= 0.3 is 6.18 Å². The van der Waals surface area contributed by atoms with E-state index in [2.05, 4.69) is 15.6 Å². The summed E-state index contributed by atoms with van der Waals surface area (Å²) in [6, 6.07) is 14.3. The van der Waals surface area contributed by atoms with Gasteiger partial charge in [-0.25, -0.2) is 4.99 Å². The fourth-order valence-corrected chi connectivity index (χ4v) is 4.96. The molecule has 2 aliphatic carbocycles. The second-order valence-corrected chi connectivity index (χ2v) is 10.7. The maximum absolute atomic E-state index is 13.5. The number of hydrogen-bond donors (Lipinski definition) is 3. The van der Waals surface area contributed by atoms with Crippen LogP contribution < -0.4 is 21.1 Å². The Morgan fingerprint density at radius 1 is 1.05 bits per heavy atom. The van der Waals surface area contributed by atoms with Crippen molar-refractivity contribution in [3.63, 3.8) is 0 Å². The molecule has 0 aromatic heterocycles. The third-order valence-electron chi connectivity index (χ3n) is 7.39. The number of halogens is 3. The van der Waals surface area contributed by atoms with Gasteiger partial charge in [0.25, 0.3) is 5.91 Å². The van der Waals surface area contributed by atoms with Crippen LogP contribution in [0, 0.1) is 17.8 Å². The average Bonchev–Trinajstić information content (AvgIpc) is 3.82. The highest BCUT2D eigenvalue weighted by atomic mass is 19.4. The second kappa shape index (κ2) is 11.3. The van der Waals surface area contributed by atoms with Crippen LogP contribution >= 0.6 is 0 Å². The van der Waals surface area contributed by atoms with Crippen molar-refractivity contribution in [2.24, 2.45) is 28.5 Å². The van der Waals surface area contributed by atoms with E-state index in [9.17, 15) is 27.6 Å². The van der Waals surface area contributed by atoms with Gasteiger partial charge in [-0.2, -0.15) is 13.2 Å². The number of primary amides is 1. The second-order valence-electron chi connectivity index (χ2n) is 10.7. The van der Waals surface area contributed by atoms with E-state index in [-0.39, 0.29) is 18.4 Å². The molecule has 1 aliphatic heterocycles. The molecule has 5 rings (SSSR count). The SMILES string of the molecule is NC(=O)C(CC1CC1)C(CCC(F)(F)F)C(=O)NC1N=C(c2ccccc2)c2cccc(OC3CC3)c2NC1=O. The number of nitrogens with zero attached hydrogens (tertiary/aromatic N) is 1. The summed E-state index contributed by atoms with van der Waals surface area (Å²) in [5, 5.41) is 5.33. The summed E-state index contributed by atoms with van der Waals surface area (Å²) in [5.74, 6) is -4.22. The third-order valence-corrected chi connectivity index (χ3v) is 7.39. The van der Waals surface area contributed by atoms with Crippen LogP contribution in [0.2, 0.25) is 0 Å². The van der Waals surface area contributed by atoms with E-state index in [0.717, 1.165) is 25.7 Å². The van der Waals surface area contributed by atoms with Gasteiger partial charge in [-0.3, -0.25) is 14.4 Å². The summed E-state index contributed by atoms with van der Waals surface area (Å²) in [6.45, 7) is 0. The molecule has 40 heavy (non-hydrogen) atoms. The molecule has 4 N–H and O–H groups in total. The Kier molecular flexibility index (Phi) is 7.82. The fraction of sp³-hybridized carbons (Fsp3) is 0.448.